The molecule has 1 saturated heterocycles. The number of carbonyl (C=O) groups is 1. The van der Waals surface area contributed by atoms with Crippen molar-refractivity contribution < 1.29 is 4.79 Å². The highest BCUT2D eigenvalue weighted by atomic mass is 32.1. The third kappa shape index (κ3) is 1.95. The van der Waals surface area contributed by atoms with Gasteiger partial charge in [-0.1, -0.05) is 6.92 Å². The highest BCUT2D eigenvalue weighted by Crippen LogP contribution is 2.18. The van der Waals surface area contributed by atoms with Crippen molar-refractivity contribution in [3.05, 3.63) is 17.1 Å². The molecule has 0 spiro atoms. The molecule has 1 fully saturated rings. The Hall–Kier alpha value is -0.900. The second-order valence-corrected chi connectivity index (χ2v) is 4.68. The van der Waals surface area contributed by atoms with Gasteiger partial charge in [0.1, 0.15) is 4.88 Å². The molecule has 1 aliphatic heterocycles. The van der Waals surface area contributed by atoms with Gasteiger partial charge in [-0.25, -0.2) is 4.37 Å². The van der Waals surface area contributed by atoms with Crippen molar-refractivity contribution in [1.82, 2.24) is 9.27 Å². The topological polar surface area (TPSA) is 33.2 Å². The van der Waals surface area contributed by atoms with Gasteiger partial charge in [-0.3, -0.25) is 4.79 Å². The molecule has 4 heteroatoms. The zero-order valence-electron chi connectivity index (χ0n) is 8.27. The number of hydrogen-bond donors (Lipinski definition) is 0. The number of amides is 1. The number of carbonyl (C=O) groups excluding carboxylic acids is 1. The summed E-state index contributed by atoms with van der Waals surface area (Å²) in [6, 6.07) is 1.80. The minimum atomic E-state index is 0.152. The number of aromatic nitrogens is 1. The monoisotopic (exact) mass is 210 g/mol. The molecule has 2 rings (SSSR count). The van der Waals surface area contributed by atoms with Crippen molar-refractivity contribution in [3.63, 3.8) is 0 Å². The summed E-state index contributed by atoms with van der Waals surface area (Å²) in [4.78, 5) is 14.6. The molecule has 3 nitrogen and oxygen atoms in total. The molecule has 0 aliphatic carbocycles. The van der Waals surface area contributed by atoms with E-state index in [0.29, 0.717) is 0 Å². The van der Waals surface area contributed by atoms with Crippen LogP contribution in [0.4, 0.5) is 0 Å². The summed E-state index contributed by atoms with van der Waals surface area (Å²) in [5, 5.41) is 0. The van der Waals surface area contributed by atoms with Gasteiger partial charge in [-0.2, -0.15) is 0 Å². The third-order valence-electron chi connectivity index (χ3n) is 2.72. The Kier molecular flexibility index (Phi) is 2.82. The van der Waals surface area contributed by atoms with E-state index >= 15 is 0 Å². The van der Waals surface area contributed by atoms with E-state index in [1.807, 2.05) is 4.90 Å². The Bertz CT molecular complexity index is 302. The number of piperidine rings is 1. The quantitative estimate of drug-likeness (QED) is 0.710. The first-order valence-electron chi connectivity index (χ1n) is 4.97. The molecule has 1 aromatic rings. The van der Waals surface area contributed by atoms with Crippen LogP contribution in [0.5, 0.6) is 0 Å². The van der Waals surface area contributed by atoms with Gasteiger partial charge in [0.15, 0.2) is 0 Å². The van der Waals surface area contributed by atoms with Gasteiger partial charge in [0, 0.05) is 19.3 Å². The normalized spacial score (nSPS) is 18.5. The van der Waals surface area contributed by atoms with Crippen LogP contribution in [0.25, 0.3) is 0 Å². The number of hydrogen-bond acceptors (Lipinski definition) is 3. The van der Waals surface area contributed by atoms with Gasteiger partial charge >= 0.3 is 0 Å². The standard InChI is InChI=1S/C10H14N2OS/c1-8-3-6-12(7-4-8)10(13)9-2-5-11-14-9/h2,5,8H,3-4,6-7H2,1H3. The van der Waals surface area contributed by atoms with Gasteiger partial charge in [0.2, 0.25) is 0 Å². The van der Waals surface area contributed by atoms with Crippen molar-refractivity contribution in [1.29, 1.82) is 0 Å². The second-order valence-electron chi connectivity index (χ2n) is 3.85. The zero-order chi connectivity index (χ0) is 9.97. The van der Waals surface area contributed by atoms with Gasteiger partial charge in [-0.15, -0.1) is 0 Å². The van der Waals surface area contributed by atoms with Crippen LogP contribution in [0.2, 0.25) is 0 Å². The summed E-state index contributed by atoms with van der Waals surface area (Å²) in [7, 11) is 0. The highest BCUT2D eigenvalue weighted by Gasteiger charge is 2.21. The highest BCUT2D eigenvalue weighted by molar-refractivity contribution is 7.08. The van der Waals surface area contributed by atoms with Crippen molar-refractivity contribution >= 4 is 17.4 Å². The lowest BCUT2D eigenvalue weighted by Gasteiger charge is -2.29. The Labute approximate surface area is 87.9 Å². The molecule has 0 saturated carbocycles. The molecule has 1 amide bonds. The summed E-state index contributed by atoms with van der Waals surface area (Å²) in [5.41, 5.74) is 0. The Balaban J connectivity index is 1.99. The molecule has 14 heavy (non-hydrogen) atoms. The molecule has 0 unspecified atom stereocenters. The van der Waals surface area contributed by atoms with Crippen molar-refractivity contribution in [2.75, 3.05) is 13.1 Å². The van der Waals surface area contributed by atoms with Gasteiger partial charge in [0.25, 0.3) is 5.91 Å². The maximum absolute atomic E-state index is 11.9. The number of nitrogens with zero attached hydrogens (tertiary/aromatic N) is 2. The number of likely N-dealkylation sites (tertiary alicyclic amines) is 1. The van der Waals surface area contributed by atoms with E-state index in [1.165, 1.54) is 11.5 Å². The Morgan fingerprint density at radius 1 is 1.57 bits per heavy atom. The summed E-state index contributed by atoms with van der Waals surface area (Å²) in [6.07, 6.45) is 3.94. The van der Waals surface area contributed by atoms with Crippen LogP contribution in [0.15, 0.2) is 12.3 Å². The van der Waals surface area contributed by atoms with Crippen LogP contribution in [0.3, 0.4) is 0 Å². The minimum absolute atomic E-state index is 0.152. The average molecular weight is 210 g/mol. The van der Waals surface area contributed by atoms with Gasteiger partial charge in [-0.05, 0) is 36.4 Å². The first kappa shape index (κ1) is 9.65. The van der Waals surface area contributed by atoms with Crippen LogP contribution in [0, 0.1) is 5.92 Å². The molecule has 76 valence electrons. The zero-order valence-corrected chi connectivity index (χ0v) is 9.09. The first-order valence-corrected chi connectivity index (χ1v) is 5.74. The molecule has 0 radical (unpaired) electrons. The largest absolute Gasteiger partial charge is 0.338 e. The molecule has 0 aromatic carbocycles. The van der Waals surface area contributed by atoms with Crippen LogP contribution in [-0.2, 0) is 0 Å². The number of rotatable bonds is 1. The van der Waals surface area contributed by atoms with E-state index < -0.39 is 0 Å². The van der Waals surface area contributed by atoms with Crippen LogP contribution in [-0.4, -0.2) is 28.3 Å². The molecule has 1 aromatic heterocycles. The van der Waals surface area contributed by atoms with E-state index in [0.717, 1.165) is 36.7 Å². The lowest BCUT2D eigenvalue weighted by molar-refractivity contribution is 0.0702. The lowest BCUT2D eigenvalue weighted by atomic mass is 9.99. The van der Waals surface area contributed by atoms with Crippen LogP contribution in [0.1, 0.15) is 29.4 Å². The fourth-order valence-corrected chi connectivity index (χ4v) is 2.26. The molecular weight excluding hydrogens is 196 g/mol. The fraction of sp³-hybridized carbons (Fsp3) is 0.600. The third-order valence-corrected chi connectivity index (χ3v) is 3.45. The summed E-state index contributed by atoms with van der Waals surface area (Å²) in [5.74, 6) is 0.917. The maximum Gasteiger partial charge on any atom is 0.265 e. The average Bonchev–Trinajstić information content (AvgIpc) is 2.71. The van der Waals surface area contributed by atoms with Crippen molar-refractivity contribution in [2.45, 2.75) is 19.8 Å². The predicted molar refractivity (Wildman–Crippen MR) is 56.4 cm³/mol. The molecule has 1 aliphatic rings. The molecular formula is C10H14N2OS. The molecule has 0 N–H and O–H groups in total. The van der Waals surface area contributed by atoms with E-state index in [1.54, 1.807) is 12.3 Å². The maximum atomic E-state index is 11.9. The molecule has 0 atom stereocenters. The van der Waals surface area contributed by atoms with Crippen molar-refractivity contribution in [2.24, 2.45) is 5.92 Å². The minimum Gasteiger partial charge on any atom is -0.338 e. The van der Waals surface area contributed by atoms with E-state index in [9.17, 15) is 4.79 Å². The lowest BCUT2D eigenvalue weighted by Crippen LogP contribution is -2.37. The van der Waals surface area contributed by atoms with E-state index in [4.69, 9.17) is 0 Å². The Morgan fingerprint density at radius 2 is 2.29 bits per heavy atom. The summed E-state index contributed by atoms with van der Waals surface area (Å²) < 4.78 is 3.95. The van der Waals surface area contributed by atoms with Crippen LogP contribution < -0.4 is 0 Å². The second kappa shape index (κ2) is 4.09. The summed E-state index contributed by atoms with van der Waals surface area (Å²) in [6.45, 7) is 4.05. The molecule has 0 bridgehead atoms. The van der Waals surface area contributed by atoms with Crippen LogP contribution >= 0.6 is 11.5 Å². The van der Waals surface area contributed by atoms with Gasteiger partial charge in [0.05, 0.1) is 0 Å². The van der Waals surface area contributed by atoms with Gasteiger partial charge < -0.3 is 4.90 Å². The van der Waals surface area contributed by atoms with E-state index in [2.05, 4.69) is 11.3 Å². The Morgan fingerprint density at radius 3 is 2.86 bits per heavy atom. The fourth-order valence-electron chi connectivity index (χ4n) is 1.69. The van der Waals surface area contributed by atoms with Crippen molar-refractivity contribution in [3.8, 4) is 0 Å². The SMILES string of the molecule is CC1CCN(C(=O)c2ccns2)CC1. The summed E-state index contributed by atoms with van der Waals surface area (Å²) >= 11 is 1.28. The predicted octanol–water partition coefficient (Wildman–Crippen LogP) is 2.02. The first-order chi connectivity index (χ1) is 6.77. The smallest absolute Gasteiger partial charge is 0.265 e. The molecule has 2 heterocycles. The van der Waals surface area contributed by atoms with E-state index in [-0.39, 0.29) is 5.91 Å².